The SMILES string of the molecule is CC(C)(C)C(=O)/C=C1/SCC(=O)N1Cc1c(F)cccc1Cl. The van der Waals surface area contributed by atoms with Crippen molar-refractivity contribution >= 4 is 35.1 Å². The lowest BCUT2D eigenvalue weighted by atomic mass is 9.91. The zero-order valence-electron chi connectivity index (χ0n) is 12.7. The fourth-order valence-corrected chi connectivity index (χ4v) is 3.03. The minimum absolute atomic E-state index is 0.0284. The second kappa shape index (κ2) is 6.42. The number of hydrogen-bond acceptors (Lipinski definition) is 3. The molecule has 1 heterocycles. The van der Waals surface area contributed by atoms with Gasteiger partial charge in [-0.1, -0.05) is 50.2 Å². The zero-order chi connectivity index (χ0) is 16.5. The summed E-state index contributed by atoms with van der Waals surface area (Å²) in [4.78, 5) is 25.6. The Morgan fingerprint density at radius 2 is 2.14 bits per heavy atom. The molecule has 22 heavy (non-hydrogen) atoms. The molecule has 0 aromatic heterocycles. The predicted molar refractivity (Wildman–Crippen MR) is 87.0 cm³/mol. The van der Waals surface area contributed by atoms with E-state index in [2.05, 4.69) is 0 Å². The summed E-state index contributed by atoms with van der Waals surface area (Å²) in [5.74, 6) is -0.444. The summed E-state index contributed by atoms with van der Waals surface area (Å²) < 4.78 is 13.9. The number of benzene rings is 1. The molecular formula is C16H17ClFNO2S. The third-order valence-corrected chi connectivity index (χ3v) is 4.66. The van der Waals surface area contributed by atoms with Gasteiger partial charge in [0.1, 0.15) is 5.82 Å². The molecule has 3 nitrogen and oxygen atoms in total. The number of hydrogen-bond donors (Lipinski definition) is 0. The summed E-state index contributed by atoms with van der Waals surface area (Å²) in [5.41, 5.74) is -0.269. The van der Waals surface area contributed by atoms with Crippen LogP contribution in [0.3, 0.4) is 0 Å². The van der Waals surface area contributed by atoms with Gasteiger partial charge in [0.25, 0.3) is 0 Å². The number of halogens is 2. The van der Waals surface area contributed by atoms with E-state index in [1.807, 2.05) is 20.8 Å². The first-order chi connectivity index (χ1) is 10.2. The quantitative estimate of drug-likeness (QED) is 0.779. The third kappa shape index (κ3) is 3.70. The van der Waals surface area contributed by atoms with Crippen LogP contribution in [0.1, 0.15) is 26.3 Å². The first kappa shape index (κ1) is 17.0. The van der Waals surface area contributed by atoms with Crippen molar-refractivity contribution in [2.75, 3.05) is 5.75 Å². The van der Waals surface area contributed by atoms with Gasteiger partial charge in [0.15, 0.2) is 5.78 Å². The number of allylic oxidation sites excluding steroid dienone is 1. The van der Waals surface area contributed by atoms with Gasteiger partial charge in [0, 0.05) is 22.1 Å². The maximum Gasteiger partial charge on any atom is 0.238 e. The van der Waals surface area contributed by atoms with E-state index in [1.54, 1.807) is 6.07 Å². The highest BCUT2D eigenvalue weighted by atomic mass is 35.5. The van der Waals surface area contributed by atoms with Crippen LogP contribution in [-0.4, -0.2) is 22.3 Å². The van der Waals surface area contributed by atoms with Crippen molar-refractivity contribution in [3.05, 3.63) is 45.7 Å². The highest BCUT2D eigenvalue weighted by Crippen LogP contribution is 2.33. The number of nitrogens with zero attached hydrogens (tertiary/aromatic N) is 1. The van der Waals surface area contributed by atoms with Gasteiger partial charge in [-0.3, -0.25) is 9.59 Å². The molecule has 0 radical (unpaired) electrons. The van der Waals surface area contributed by atoms with E-state index in [1.165, 1.54) is 34.9 Å². The molecule has 1 aliphatic rings. The summed E-state index contributed by atoms with van der Waals surface area (Å²) in [7, 11) is 0. The Labute approximate surface area is 138 Å². The Morgan fingerprint density at radius 3 is 2.73 bits per heavy atom. The largest absolute Gasteiger partial charge is 0.301 e. The van der Waals surface area contributed by atoms with Crippen molar-refractivity contribution < 1.29 is 14.0 Å². The van der Waals surface area contributed by atoms with E-state index in [9.17, 15) is 14.0 Å². The Morgan fingerprint density at radius 1 is 1.45 bits per heavy atom. The molecule has 1 amide bonds. The van der Waals surface area contributed by atoms with Crippen LogP contribution in [0.2, 0.25) is 5.02 Å². The summed E-state index contributed by atoms with van der Waals surface area (Å²) in [6, 6.07) is 4.40. The summed E-state index contributed by atoms with van der Waals surface area (Å²) in [6.07, 6.45) is 1.46. The van der Waals surface area contributed by atoms with Gasteiger partial charge in [-0.05, 0) is 12.1 Å². The molecule has 0 unspecified atom stereocenters. The average molecular weight is 342 g/mol. The molecular weight excluding hydrogens is 325 g/mol. The minimum atomic E-state index is -0.527. The lowest BCUT2D eigenvalue weighted by Gasteiger charge is -2.20. The average Bonchev–Trinajstić information content (AvgIpc) is 2.74. The van der Waals surface area contributed by atoms with Crippen molar-refractivity contribution in [2.45, 2.75) is 27.3 Å². The summed E-state index contributed by atoms with van der Waals surface area (Å²) in [5, 5.41) is 0.815. The maximum atomic E-state index is 13.9. The van der Waals surface area contributed by atoms with Crippen LogP contribution < -0.4 is 0 Å². The molecule has 0 aliphatic carbocycles. The lowest BCUT2D eigenvalue weighted by Crippen LogP contribution is -2.26. The van der Waals surface area contributed by atoms with Crippen molar-refractivity contribution in [1.29, 1.82) is 0 Å². The fourth-order valence-electron chi connectivity index (χ4n) is 1.87. The van der Waals surface area contributed by atoms with Crippen molar-refractivity contribution in [3.8, 4) is 0 Å². The van der Waals surface area contributed by atoms with Gasteiger partial charge in [0.2, 0.25) is 5.91 Å². The fraction of sp³-hybridized carbons (Fsp3) is 0.375. The Balaban J connectivity index is 2.30. The van der Waals surface area contributed by atoms with Crippen LogP contribution in [-0.2, 0) is 16.1 Å². The van der Waals surface area contributed by atoms with E-state index < -0.39 is 11.2 Å². The molecule has 6 heteroatoms. The second-order valence-electron chi connectivity index (χ2n) is 6.07. The number of thioether (sulfide) groups is 1. The molecule has 0 bridgehead atoms. The molecule has 118 valence electrons. The van der Waals surface area contributed by atoms with Gasteiger partial charge < -0.3 is 4.90 Å². The maximum absolute atomic E-state index is 13.9. The van der Waals surface area contributed by atoms with Crippen LogP contribution in [0.25, 0.3) is 0 Å². The molecule has 0 spiro atoms. The first-order valence-corrected chi connectivity index (χ1v) is 8.18. The molecule has 0 saturated carbocycles. The smallest absolute Gasteiger partial charge is 0.238 e. The number of rotatable bonds is 3. The van der Waals surface area contributed by atoms with Gasteiger partial charge in [0.05, 0.1) is 17.3 Å². The molecule has 1 saturated heterocycles. The van der Waals surface area contributed by atoms with E-state index in [-0.39, 0.29) is 34.6 Å². The van der Waals surface area contributed by atoms with Crippen LogP contribution >= 0.6 is 23.4 Å². The molecule has 0 N–H and O–H groups in total. The van der Waals surface area contributed by atoms with Gasteiger partial charge >= 0.3 is 0 Å². The van der Waals surface area contributed by atoms with Gasteiger partial charge in [-0.15, -0.1) is 0 Å². The van der Waals surface area contributed by atoms with Crippen molar-refractivity contribution in [1.82, 2.24) is 4.90 Å². The van der Waals surface area contributed by atoms with Crippen LogP contribution in [0.15, 0.2) is 29.3 Å². The van der Waals surface area contributed by atoms with Crippen LogP contribution in [0, 0.1) is 11.2 Å². The molecule has 1 fully saturated rings. The molecule has 1 aliphatic heterocycles. The summed E-state index contributed by atoms with van der Waals surface area (Å²) in [6.45, 7) is 5.46. The minimum Gasteiger partial charge on any atom is -0.301 e. The van der Waals surface area contributed by atoms with Gasteiger partial charge in [-0.25, -0.2) is 4.39 Å². The third-order valence-electron chi connectivity index (χ3n) is 3.28. The number of ketones is 1. The van der Waals surface area contributed by atoms with Gasteiger partial charge in [-0.2, -0.15) is 0 Å². The standard InChI is InChI=1S/C16H17ClFNO2S/c1-16(2,3)13(20)7-15-19(14(21)9-22-15)8-10-11(17)5-4-6-12(10)18/h4-7H,8-9H2,1-3H3/b15-7+. The Kier molecular flexibility index (Phi) is 4.97. The van der Waals surface area contributed by atoms with Crippen LogP contribution in [0.5, 0.6) is 0 Å². The Bertz CT molecular complexity index is 632. The monoisotopic (exact) mass is 341 g/mol. The molecule has 2 rings (SSSR count). The van der Waals surface area contributed by atoms with Crippen molar-refractivity contribution in [2.24, 2.45) is 5.41 Å². The molecule has 0 atom stereocenters. The highest BCUT2D eigenvalue weighted by Gasteiger charge is 2.30. The topological polar surface area (TPSA) is 37.4 Å². The van der Waals surface area contributed by atoms with E-state index >= 15 is 0 Å². The van der Waals surface area contributed by atoms with Crippen molar-refractivity contribution in [3.63, 3.8) is 0 Å². The number of carbonyl (C=O) groups excluding carboxylic acids is 2. The normalized spacial score (nSPS) is 17.4. The number of amides is 1. The number of carbonyl (C=O) groups is 2. The van der Waals surface area contributed by atoms with Crippen LogP contribution in [0.4, 0.5) is 4.39 Å². The highest BCUT2D eigenvalue weighted by molar-refractivity contribution is 8.04. The first-order valence-electron chi connectivity index (χ1n) is 6.82. The lowest BCUT2D eigenvalue weighted by molar-refractivity contribution is -0.125. The predicted octanol–water partition coefficient (Wildman–Crippen LogP) is 4.01. The van der Waals surface area contributed by atoms with E-state index in [0.717, 1.165) is 0 Å². The van der Waals surface area contributed by atoms with E-state index in [4.69, 9.17) is 11.6 Å². The Hall–Kier alpha value is -1.33. The second-order valence-corrected chi connectivity index (χ2v) is 7.47. The summed E-state index contributed by atoms with van der Waals surface area (Å²) >= 11 is 7.30. The molecule has 1 aromatic carbocycles. The van der Waals surface area contributed by atoms with E-state index in [0.29, 0.717) is 5.03 Å². The molecule has 1 aromatic rings. The zero-order valence-corrected chi connectivity index (χ0v) is 14.2.